The van der Waals surface area contributed by atoms with Crippen LogP contribution in [-0.4, -0.2) is 44.5 Å². The molecule has 1 saturated carbocycles. The van der Waals surface area contributed by atoms with Crippen molar-refractivity contribution < 1.29 is 33.3 Å². The molecule has 2 rings (SSSR count). The minimum absolute atomic E-state index is 0.117. The van der Waals surface area contributed by atoms with Crippen LogP contribution in [0.5, 0.6) is 0 Å². The minimum atomic E-state index is -1.60. The Morgan fingerprint density at radius 2 is 1.74 bits per heavy atom. The first-order chi connectivity index (χ1) is 9.05. The highest BCUT2D eigenvalue weighted by Gasteiger charge is 2.86. The van der Waals surface area contributed by atoms with Crippen LogP contribution in [0.15, 0.2) is 0 Å². The molecule has 1 aliphatic carbocycles. The van der Waals surface area contributed by atoms with Gasteiger partial charge in [-0.3, -0.25) is 14.4 Å². The van der Waals surface area contributed by atoms with E-state index in [4.69, 9.17) is 18.9 Å². The number of rotatable bonds is 5. The van der Waals surface area contributed by atoms with E-state index < -0.39 is 41.4 Å². The maximum Gasteiger partial charge on any atom is 0.324 e. The molecule has 0 aromatic rings. The van der Waals surface area contributed by atoms with Crippen LogP contribution in [0.3, 0.4) is 0 Å². The van der Waals surface area contributed by atoms with Crippen LogP contribution in [0.25, 0.3) is 0 Å². The highest BCUT2D eigenvalue weighted by atomic mass is 16.7. The van der Waals surface area contributed by atoms with Crippen molar-refractivity contribution in [1.82, 2.24) is 0 Å². The Kier molecular flexibility index (Phi) is 3.49. The Morgan fingerprint density at radius 1 is 1.21 bits per heavy atom. The summed E-state index contributed by atoms with van der Waals surface area (Å²) in [5, 5.41) is 0. The molecular weight excluding hydrogens is 256 g/mol. The van der Waals surface area contributed by atoms with Crippen molar-refractivity contribution >= 4 is 17.9 Å². The quantitative estimate of drug-likeness (QED) is 0.391. The zero-order valence-corrected chi connectivity index (χ0v) is 11.0. The van der Waals surface area contributed by atoms with Gasteiger partial charge in [0.2, 0.25) is 6.29 Å². The van der Waals surface area contributed by atoms with E-state index in [1.54, 1.807) is 13.8 Å². The molecule has 0 aromatic carbocycles. The molecule has 1 aliphatic heterocycles. The largest absolute Gasteiger partial charge is 0.465 e. The van der Waals surface area contributed by atoms with E-state index in [9.17, 15) is 14.4 Å². The lowest BCUT2D eigenvalue weighted by Crippen LogP contribution is -2.39. The summed E-state index contributed by atoms with van der Waals surface area (Å²) in [6, 6.07) is 0. The first-order valence-corrected chi connectivity index (χ1v) is 6.13. The number of carbonyl (C=O) groups is 3. The molecule has 3 unspecified atom stereocenters. The molecule has 1 heterocycles. The molecule has 106 valence electrons. The van der Waals surface area contributed by atoms with Gasteiger partial charge in [-0.15, -0.1) is 0 Å². The van der Waals surface area contributed by atoms with Crippen molar-refractivity contribution in [2.24, 2.45) is 17.3 Å². The molecule has 7 heteroatoms. The smallest absolute Gasteiger partial charge is 0.324 e. The van der Waals surface area contributed by atoms with Crippen LogP contribution in [0.2, 0.25) is 0 Å². The van der Waals surface area contributed by atoms with Crippen molar-refractivity contribution in [1.29, 1.82) is 0 Å². The van der Waals surface area contributed by atoms with E-state index in [-0.39, 0.29) is 13.2 Å². The lowest BCUT2D eigenvalue weighted by Gasteiger charge is -2.20. The summed E-state index contributed by atoms with van der Waals surface area (Å²) in [5.41, 5.74) is -1.60. The van der Waals surface area contributed by atoms with Crippen molar-refractivity contribution in [2.45, 2.75) is 20.1 Å². The molecule has 7 nitrogen and oxygen atoms in total. The first kappa shape index (κ1) is 13.8. The summed E-state index contributed by atoms with van der Waals surface area (Å²) in [6.45, 7) is 3.49. The zero-order chi connectivity index (χ0) is 14.2. The highest BCUT2D eigenvalue weighted by molar-refractivity contribution is 6.10. The lowest BCUT2D eigenvalue weighted by molar-refractivity contribution is -0.186. The van der Waals surface area contributed by atoms with Gasteiger partial charge in [0.25, 0.3) is 0 Å². The van der Waals surface area contributed by atoms with Crippen molar-refractivity contribution in [2.75, 3.05) is 20.3 Å². The zero-order valence-electron chi connectivity index (χ0n) is 11.0. The molecule has 0 spiro atoms. The summed E-state index contributed by atoms with van der Waals surface area (Å²) < 4.78 is 19.7. The van der Waals surface area contributed by atoms with Gasteiger partial charge < -0.3 is 18.9 Å². The molecule has 3 atom stereocenters. The molecule has 2 fully saturated rings. The van der Waals surface area contributed by atoms with Crippen molar-refractivity contribution in [3.8, 4) is 0 Å². The fourth-order valence-electron chi connectivity index (χ4n) is 2.69. The van der Waals surface area contributed by atoms with Gasteiger partial charge in [-0.1, -0.05) is 0 Å². The van der Waals surface area contributed by atoms with Gasteiger partial charge in [0.05, 0.1) is 25.0 Å². The number of esters is 3. The summed E-state index contributed by atoms with van der Waals surface area (Å²) in [6.07, 6.45) is -0.911. The third kappa shape index (κ3) is 1.72. The van der Waals surface area contributed by atoms with Crippen LogP contribution in [0.1, 0.15) is 13.8 Å². The summed E-state index contributed by atoms with van der Waals surface area (Å²) in [7, 11) is 1.35. The maximum absolute atomic E-state index is 12.1. The fourth-order valence-corrected chi connectivity index (χ4v) is 2.69. The molecule has 1 saturated heterocycles. The number of methoxy groups -OCH3 is 1. The van der Waals surface area contributed by atoms with Crippen LogP contribution in [0.4, 0.5) is 0 Å². The van der Waals surface area contributed by atoms with Crippen LogP contribution >= 0.6 is 0 Å². The SMILES string of the molecule is CCOC(=O)C1(C(=O)OCC)C2C(=O)OC(OC)C21. The number of fused-ring (bicyclic) bond motifs is 1. The monoisotopic (exact) mass is 272 g/mol. The van der Waals surface area contributed by atoms with Gasteiger partial charge in [-0.05, 0) is 13.8 Å². The second kappa shape index (κ2) is 4.80. The molecule has 0 aromatic heterocycles. The van der Waals surface area contributed by atoms with E-state index in [2.05, 4.69) is 0 Å². The van der Waals surface area contributed by atoms with Gasteiger partial charge in [0, 0.05) is 7.11 Å². The second-order valence-corrected chi connectivity index (χ2v) is 4.35. The van der Waals surface area contributed by atoms with E-state index in [0.29, 0.717) is 0 Å². The molecule has 0 amide bonds. The predicted molar refractivity (Wildman–Crippen MR) is 59.6 cm³/mol. The van der Waals surface area contributed by atoms with Crippen LogP contribution in [0, 0.1) is 17.3 Å². The number of ether oxygens (including phenoxy) is 4. The van der Waals surface area contributed by atoms with Gasteiger partial charge >= 0.3 is 17.9 Å². The molecule has 0 bridgehead atoms. The van der Waals surface area contributed by atoms with E-state index in [0.717, 1.165) is 0 Å². The number of carbonyl (C=O) groups excluding carboxylic acids is 3. The molecular formula is C12H16O7. The average Bonchev–Trinajstić information content (AvgIpc) is 2.97. The van der Waals surface area contributed by atoms with E-state index >= 15 is 0 Å². The Morgan fingerprint density at radius 3 is 2.16 bits per heavy atom. The number of hydrogen-bond acceptors (Lipinski definition) is 7. The predicted octanol–water partition coefficient (Wildman–Crippen LogP) is -0.126. The maximum atomic E-state index is 12.1. The summed E-state index contributed by atoms with van der Waals surface area (Å²) >= 11 is 0. The van der Waals surface area contributed by atoms with Crippen molar-refractivity contribution in [3.63, 3.8) is 0 Å². The topological polar surface area (TPSA) is 88.1 Å². The third-order valence-electron chi connectivity index (χ3n) is 3.50. The number of cyclic esters (lactones) is 1. The Balaban J connectivity index is 2.31. The molecule has 0 radical (unpaired) electrons. The fraction of sp³-hybridized carbons (Fsp3) is 0.750. The van der Waals surface area contributed by atoms with Crippen molar-refractivity contribution in [3.05, 3.63) is 0 Å². The van der Waals surface area contributed by atoms with E-state index in [1.807, 2.05) is 0 Å². The Hall–Kier alpha value is -1.63. The average molecular weight is 272 g/mol. The van der Waals surface area contributed by atoms with Crippen LogP contribution < -0.4 is 0 Å². The van der Waals surface area contributed by atoms with Gasteiger partial charge in [0.1, 0.15) is 0 Å². The first-order valence-electron chi connectivity index (χ1n) is 6.13. The second-order valence-electron chi connectivity index (χ2n) is 4.35. The molecule has 2 aliphatic rings. The van der Waals surface area contributed by atoms with Gasteiger partial charge in [-0.2, -0.15) is 0 Å². The van der Waals surface area contributed by atoms with Gasteiger partial charge in [0.15, 0.2) is 5.41 Å². The Labute approximate surface area is 110 Å². The lowest BCUT2D eigenvalue weighted by atomic mass is 10.0. The normalized spacial score (nSPS) is 30.3. The summed E-state index contributed by atoms with van der Waals surface area (Å²) in [5.74, 6) is -3.65. The minimum Gasteiger partial charge on any atom is -0.465 e. The standard InChI is InChI=1S/C12H16O7/c1-4-17-10(14)12(11(15)18-5-2)6-7(12)9(16-3)19-8(6)13/h6-7,9H,4-5H2,1-3H3. The third-order valence-corrected chi connectivity index (χ3v) is 3.50. The Bertz CT molecular complexity index is 398. The van der Waals surface area contributed by atoms with Gasteiger partial charge in [-0.25, -0.2) is 0 Å². The highest BCUT2D eigenvalue weighted by Crippen LogP contribution is 2.66. The molecule has 19 heavy (non-hydrogen) atoms. The summed E-state index contributed by atoms with van der Waals surface area (Å²) in [4.78, 5) is 35.9. The number of hydrogen-bond donors (Lipinski definition) is 0. The molecule has 0 N–H and O–H groups in total. The van der Waals surface area contributed by atoms with E-state index in [1.165, 1.54) is 7.11 Å². The van der Waals surface area contributed by atoms with Crippen LogP contribution in [-0.2, 0) is 33.3 Å².